The van der Waals surface area contributed by atoms with E-state index < -0.39 is 0 Å². The van der Waals surface area contributed by atoms with Gasteiger partial charge >= 0.3 is 0 Å². The van der Waals surface area contributed by atoms with Crippen LogP contribution in [0.1, 0.15) is 12.8 Å². The van der Waals surface area contributed by atoms with Crippen LogP contribution in [0.4, 0.5) is 0 Å². The lowest BCUT2D eigenvalue weighted by Crippen LogP contribution is -2.17. The van der Waals surface area contributed by atoms with Crippen molar-refractivity contribution in [1.29, 1.82) is 0 Å². The lowest BCUT2D eigenvalue weighted by atomic mass is 10.3. The minimum atomic E-state index is 0.0406. The van der Waals surface area contributed by atoms with Crippen LogP contribution < -0.4 is 16.9 Å². The number of hydrogen-bond donors (Lipinski definition) is 3. The molecular formula is C6H14N4OS. The summed E-state index contributed by atoms with van der Waals surface area (Å²) in [4.78, 5) is 10.7. The highest BCUT2D eigenvalue weighted by molar-refractivity contribution is 8.13. The maximum absolute atomic E-state index is 10.7. The second-order valence-corrected chi connectivity index (χ2v) is 3.21. The molecule has 0 aromatic heterocycles. The summed E-state index contributed by atoms with van der Waals surface area (Å²) in [6, 6.07) is 0. The van der Waals surface area contributed by atoms with Crippen LogP contribution in [-0.4, -0.2) is 23.9 Å². The number of rotatable bonds is 4. The molecule has 0 radical (unpaired) electrons. The van der Waals surface area contributed by atoms with Crippen molar-refractivity contribution in [2.45, 2.75) is 12.8 Å². The monoisotopic (exact) mass is 190 g/mol. The molecule has 0 spiro atoms. The topological polar surface area (TPSA) is 93.5 Å². The standard InChI is InChI=1S/C6H14N4OS/c1-9-5(11)3-2-4-12-6(7)10-8/h2-4,8H2,1H3,(H2,7,10)(H,9,11). The number of nitrogens with one attached hydrogen (secondary N) is 1. The zero-order chi connectivity index (χ0) is 9.40. The molecular weight excluding hydrogens is 176 g/mol. The summed E-state index contributed by atoms with van der Waals surface area (Å²) in [5.74, 6) is 5.71. The first-order chi connectivity index (χ1) is 5.70. The van der Waals surface area contributed by atoms with Crippen molar-refractivity contribution in [2.75, 3.05) is 12.8 Å². The molecule has 12 heavy (non-hydrogen) atoms. The van der Waals surface area contributed by atoms with Gasteiger partial charge in [-0.2, -0.15) is 5.10 Å². The van der Waals surface area contributed by atoms with Crippen LogP contribution in [0, 0.1) is 0 Å². The largest absolute Gasteiger partial charge is 0.377 e. The van der Waals surface area contributed by atoms with E-state index in [1.54, 1.807) is 7.05 Å². The Bertz CT molecular complexity index is 171. The Morgan fingerprint density at radius 1 is 1.67 bits per heavy atom. The molecule has 0 saturated heterocycles. The minimum absolute atomic E-state index is 0.0406. The first-order valence-electron chi connectivity index (χ1n) is 3.57. The molecule has 0 aliphatic carbocycles. The molecule has 0 fully saturated rings. The fourth-order valence-electron chi connectivity index (χ4n) is 0.572. The predicted molar refractivity (Wildman–Crippen MR) is 51.6 cm³/mol. The third kappa shape index (κ3) is 5.84. The normalized spacial score (nSPS) is 11.2. The van der Waals surface area contributed by atoms with E-state index in [0.717, 1.165) is 12.2 Å². The van der Waals surface area contributed by atoms with Crippen molar-refractivity contribution >= 4 is 22.8 Å². The Balaban J connectivity index is 3.27. The first-order valence-corrected chi connectivity index (χ1v) is 4.56. The molecule has 0 aliphatic rings. The molecule has 5 nitrogen and oxygen atoms in total. The van der Waals surface area contributed by atoms with E-state index in [2.05, 4.69) is 10.4 Å². The van der Waals surface area contributed by atoms with Gasteiger partial charge < -0.3 is 16.9 Å². The number of nitrogens with two attached hydrogens (primary N) is 2. The van der Waals surface area contributed by atoms with Crippen LogP contribution in [0.25, 0.3) is 0 Å². The minimum Gasteiger partial charge on any atom is -0.377 e. The summed E-state index contributed by atoms with van der Waals surface area (Å²) in [5, 5.41) is 6.17. The molecule has 0 atom stereocenters. The molecule has 6 heteroatoms. The summed E-state index contributed by atoms with van der Waals surface area (Å²) in [5.41, 5.74) is 5.31. The highest BCUT2D eigenvalue weighted by atomic mass is 32.2. The molecule has 0 aromatic rings. The zero-order valence-corrected chi connectivity index (χ0v) is 7.86. The van der Waals surface area contributed by atoms with Crippen LogP contribution in [0.3, 0.4) is 0 Å². The Kier molecular flexibility index (Phi) is 6.26. The number of carbonyl (C=O) groups is 1. The SMILES string of the molecule is CNC(=O)CCCSC(N)=NN. The summed E-state index contributed by atoms with van der Waals surface area (Å²) >= 11 is 1.35. The quantitative estimate of drug-likeness (QED) is 0.182. The third-order valence-electron chi connectivity index (χ3n) is 1.20. The van der Waals surface area contributed by atoms with Crippen molar-refractivity contribution in [3.8, 4) is 0 Å². The Hall–Kier alpha value is -0.910. The molecule has 1 amide bonds. The maximum Gasteiger partial charge on any atom is 0.219 e. The average Bonchev–Trinajstić information content (AvgIpc) is 2.11. The van der Waals surface area contributed by atoms with Gasteiger partial charge in [0.25, 0.3) is 0 Å². The number of hydrazone groups is 1. The van der Waals surface area contributed by atoms with Gasteiger partial charge in [-0.3, -0.25) is 4.79 Å². The lowest BCUT2D eigenvalue weighted by molar-refractivity contribution is -0.120. The van der Waals surface area contributed by atoms with Crippen LogP contribution in [0.15, 0.2) is 5.10 Å². The Morgan fingerprint density at radius 3 is 2.83 bits per heavy atom. The van der Waals surface area contributed by atoms with Gasteiger partial charge in [0.2, 0.25) is 5.91 Å². The van der Waals surface area contributed by atoms with Gasteiger partial charge in [0.1, 0.15) is 0 Å². The fourth-order valence-corrected chi connectivity index (χ4v) is 1.14. The fraction of sp³-hybridized carbons (Fsp3) is 0.667. The lowest BCUT2D eigenvalue weighted by Gasteiger charge is -1.99. The first kappa shape index (κ1) is 11.1. The van der Waals surface area contributed by atoms with Crippen LogP contribution in [-0.2, 0) is 4.79 Å². The third-order valence-corrected chi connectivity index (χ3v) is 2.10. The number of hydrogen-bond acceptors (Lipinski definition) is 4. The molecule has 0 rings (SSSR count). The highest BCUT2D eigenvalue weighted by Gasteiger charge is 1.98. The second kappa shape index (κ2) is 6.78. The van der Waals surface area contributed by atoms with Crippen molar-refractivity contribution in [3.05, 3.63) is 0 Å². The van der Waals surface area contributed by atoms with E-state index in [1.165, 1.54) is 11.8 Å². The average molecular weight is 190 g/mol. The van der Waals surface area contributed by atoms with Crippen LogP contribution >= 0.6 is 11.8 Å². The van der Waals surface area contributed by atoms with Gasteiger partial charge in [0.15, 0.2) is 5.17 Å². The van der Waals surface area contributed by atoms with Gasteiger partial charge in [-0.1, -0.05) is 11.8 Å². The molecule has 70 valence electrons. The van der Waals surface area contributed by atoms with E-state index in [9.17, 15) is 4.79 Å². The molecule has 0 unspecified atom stereocenters. The summed E-state index contributed by atoms with van der Waals surface area (Å²) in [7, 11) is 1.62. The van der Waals surface area contributed by atoms with Gasteiger partial charge in [0, 0.05) is 19.2 Å². The number of nitrogens with zero attached hydrogens (tertiary/aromatic N) is 1. The smallest absolute Gasteiger partial charge is 0.219 e. The zero-order valence-electron chi connectivity index (χ0n) is 7.04. The Morgan fingerprint density at radius 2 is 2.33 bits per heavy atom. The van der Waals surface area contributed by atoms with Crippen LogP contribution in [0.5, 0.6) is 0 Å². The molecule has 0 bridgehead atoms. The van der Waals surface area contributed by atoms with E-state index in [4.69, 9.17) is 11.6 Å². The Labute approximate surface area is 75.9 Å². The predicted octanol–water partition coefficient (Wildman–Crippen LogP) is -0.566. The van der Waals surface area contributed by atoms with Crippen molar-refractivity contribution in [2.24, 2.45) is 16.7 Å². The molecule has 0 saturated carbocycles. The van der Waals surface area contributed by atoms with Gasteiger partial charge in [-0.05, 0) is 6.42 Å². The van der Waals surface area contributed by atoms with E-state index in [-0.39, 0.29) is 5.91 Å². The van der Waals surface area contributed by atoms with Gasteiger partial charge in [-0.15, -0.1) is 0 Å². The number of amidine groups is 1. The van der Waals surface area contributed by atoms with E-state index >= 15 is 0 Å². The number of carbonyl (C=O) groups excluding carboxylic acids is 1. The molecule has 0 aliphatic heterocycles. The molecule has 5 N–H and O–H groups in total. The number of thioether (sulfide) groups is 1. The number of amides is 1. The van der Waals surface area contributed by atoms with E-state index in [0.29, 0.717) is 11.6 Å². The summed E-state index contributed by atoms with van der Waals surface area (Å²) < 4.78 is 0. The maximum atomic E-state index is 10.7. The van der Waals surface area contributed by atoms with Crippen LogP contribution in [0.2, 0.25) is 0 Å². The van der Waals surface area contributed by atoms with Crippen molar-refractivity contribution in [1.82, 2.24) is 5.32 Å². The summed E-state index contributed by atoms with van der Waals surface area (Å²) in [6.07, 6.45) is 1.29. The van der Waals surface area contributed by atoms with Crippen molar-refractivity contribution in [3.63, 3.8) is 0 Å². The summed E-state index contributed by atoms with van der Waals surface area (Å²) in [6.45, 7) is 0. The molecule has 0 heterocycles. The van der Waals surface area contributed by atoms with Gasteiger partial charge in [0.05, 0.1) is 0 Å². The highest BCUT2D eigenvalue weighted by Crippen LogP contribution is 2.03. The van der Waals surface area contributed by atoms with Crippen molar-refractivity contribution < 1.29 is 4.79 Å². The van der Waals surface area contributed by atoms with E-state index in [1.807, 2.05) is 0 Å². The molecule has 0 aromatic carbocycles. The van der Waals surface area contributed by atoms with Gasteiger partial charge in [-0.25, -0.2) is 0 Å². The second-order valence-electron chi connectivity index (χ2n) is 2.09.